The molecule has 0 spiro atoms. The van der Waals surface area contributed by atoms with Gasteiger partial charge in [0.05, 0.1) is 12.6 Å². The molecule has 1 heterocycles. The molecule has 1 aliphatic rings. The number of amides is 1. The second-order valence-corrected chi connectivity index (χ2v) is 4.02. The molecule has 0 bridgehead atoms. The van der Waals surface area contributed by atoms with Crippen LogP contribution in [0.3, 0.4) is 0 Å². The summed E-state index contributed by atoms with van der Waals surface area (Å²) in [4.78, 5) is 12.8. The minimum atomic E-state index is -0.233. The SMILES string of the molecule is COC(C)C1CCN(CC(N)=O)CC1. The molecule has 1 aliphatic heterocycles. The van der Waals surface area contributed by atoms with E-state index in [1.807, 2.05) is 0 Å². The van der Waals surface area contributed by atoms with Gasteiger partial charge in [-0.25, -0.2) is 0 Å². The third-order valence-corrected chi connectivity index (χ3v) is 3.05. The molecule has 14 heavy (non-hydrogen) atoms. The van der Waals surface area contributed by atoms with Crippen LogP contribution >= 0.6 is 0 Å². The predicted octanol–water partition coefficient (Wildman–Crippen LogP) is 0.219. The third kappa shape index (κ3) is 3.27. The van der Waals surface area contributed by atoms with Crippen molar-refractivity contribution in [3.63, 3.8) is 0 Å². The van der Waals surface area contributed by atoms with Gasteiger partial charge in [0.15, 0.2) is 0 Å². The van der Waals surface area contributed by atoms with Gasteiger partial charge in [-0.2, -0.15) is 0 Å². The zero-order valence-corrected chi connectivity index (χ0v) is 9.03. The van der Waals surface area contributed by atoms with Crippen LogP contribution in [0.4, 0.5) is 0 Å². The molecule has 1 unspecified atom stereocenters. The van der Waals surface area contributed by atoms with E-state index in [0.717, 1.165) is 25.9 Å². The van der Waals surface area contributed by atoms with Gasteiger partial charge in [0.25, 0.3) is 0 Å². The van der Waals surface area contributed by atoms with Crippen molar-refractivity contribution in [3.05, 3.63) is 0 Å². The zero-order chi connectivity index (χ0) is 10.6. The van der Waals surface area contributed by atoms with Crippen LogP contribution in [0, 0.1) is 5.92 Å². The third-order valence-electron chi connectivity index (χ3n) is 3.05. The summed E-state index contributed by atoms with van der Waals surface area (Å²) in [7, 11) is 1.75. The van der Waals surface area contributed by atoms with Crippen LogP contribution in [-0.4, -0.2) is 43.7 Å². The second kappa shape index (κ2) is 5.32. The van der Waals surface area contributed by atoms with Crippen molar-refractivity contribution >= 4 is 5.91 Å². The highest BCUT2D eigenvalue weighted by Gasteiger charge is 2.24. The summed E-state index contributed by atoms with van der Waals surface area (Å²) in [6, 6.07) is 0. The van der Waals surface area contributed by atoms with Crippen molar-refractivity contribution in [3.8, 4) is 0 Å². The minimum Gasteiger partial charge on any atom is -0.381 e. The number of ether oxygens (including phenoxy) is 1. The summed E-state index contributed by atoms with van der Waals surface area (Å²) in [5, 5.41) is 0. The minimum absolute atomic E-state index is 0.233. The number of carbonyl (C=O) groups excluding carboxylic acids is 1. The van der Waals surface area contributed by atoms with E-state index < -0.39 is 0 Å². The van der Waals surface area contributed by atoms with Crippen molar-refractivity contribution in [1.29, 1.82) is 0 Å². The van der Waals surface area contributed by atoms with Crippen LogP contribution in [0.1, 0.15) is 19.8 Å². The van der Waals surface area contributed by atoms with Crippen LogP contribution in [0.2, 0.25) is 0 Å². The highest BCUT2D eigenvalue weighted by atomic mass is 16.5. The Kier molecular flexibility index (Phi) is 4.35. The molecule has 0 aromatic carbocycles. The highest BCUT2D eigenvalue weighted by Crippen LogP contribution is 2.21. The van der Waals surface area contributed by atoms with E-state index in [1.165, 1.54) is 0 Å². The van der Waals surface area contributed by atoms with E-state index in [0.29, 0.717) is 18.6 Å². The standard InChI is InChI=1S/C10H20N2O2/c1-8(14-2)9-3-5-12(6-4-9)7-10(11)13/h8-9H,3-7H2,1-2H3,(H2,11,13). The molecule has 1 atom stereocenters. The van der Waals surface area contributed by atoms with E-state index in [2.05, 4.69) is 11.8 Å². The number of primary amides is 1. The number of carbonyl (C=O) groups is 1. The van der Waals surface area contributed by atoms with Gasteiger partial charge in [-0.3, -0.25) is 9.69 Å². The number of nitrogens with two attached hydrogens (primary N) is 1. The molecule has 0 saturated carbocycles. The lowest BCUT2D eigenvalue weighted by Gasteiger charge is -2.33. The lowest BCUT2D eigenvalue weighted by molar-refractivity contribution is -0.119. The number of nitrogens with zero attached hydrogens (tertiary/aromatic N) is 1. The molecule has 1 fully saturated rings. The van der Waals surface area contributed by atoms with E-state index in [4.69, 9.17) is 10.5 Å². The van der Waals surface area contributed by atoms with E-state index in [9.17, 15) is 4.79 Å². The first-order valence-corrected chi connectivity index (χ1v) is 5.17. The lowest BCUT2D eigenvalue weighted by Crippen LogP contribution is -2.41. The Labute approximate surface area is 85.4 Å². The molecule has 4 nitrogen and oxygen atoms in total. The van der Waals surface area contributed by atoms with Gasteiger partial charge in [0.1, 0.15) is 0 Å². The summed E-state index contributed by atoms with van der Waals surface area (Å²) in [6.07, 6.45) is 2.52. The Morgan fingerprint density at radius 3 is 2.57 bits per heavy atom. The van der Waals surface area contributed by atoms with Crippen LogP contribution in [0.25, 0.3) is 0 Å². The Morgan fingerprint density at radius 2 is 2.14 bits per heavy atom. The van der Waals surface area contributed by atoms with Crippen LogP contribution in [0.15, 0.2) is 0 Å². The molecule has 0 aromatic rings. The number of hydrogen-bond donors (Lipinski definition) is 1. The summed E-state index contributed by atoms with van der Waals surface area (Å²) >= 11 is 0. The fourth-order valence-corrected chi connectivity index (χ4v) is 1.99. The number of piperidine rings is 1. The summed E-state index contributed by atoms with van der Waals surface area (Å²) < 4.78 is 5.30. The van der Waals surface area contributed by atoms with Crippen LogP contribution in [-0.2, 0) is 9.53 Å². The van der Waals surface area contributed by atoms with Crippen molar-refractivity contribution in [2.24, 2.45) is 11.7 Å². The Balaban J connectivity index is 2.27. The van der Waals surface area contributed by atoms with E-state index in [-0.39, 0.29) is 5.91 Å². The molecule has 1 rings (SSSR count). The van der Waals surface area contributed by atoms with E-state index >= 15 is 0 Å². The van der Waals surface area contributed by atoms with Gasteiger partial charge in [-0.1, -0.05) is 0 Å². The first-order valence-electron chi connectivity index (χ1n) is 5.17. The molecule has 0 aromatic heterocycles. The molecule has 1 saturated heterocycles. The smallest absolute Gasteiger partial charge is 0.231 e. The summed E-state index contributed by atoms with van der Waals surface area (Å²) in [6.45, 7) is 4.42. The average Bonchev–Trinajstić information content (AvgIpc) is 2.17. The quantitative estimate of drug-likeness (QED) is 0.706. The first-order chi connectivity index (χ1) is 6.63. The molecule has 82 valence electrons. The average molecular weight is 200 g/mol. The lowest BCUT2D eigenvalue weighted by atomic mass is 9.92. The van der Waals surface area contributed by atoms with Gasteiger partial charge in [-0.05, 0) is 38.8 Å². The van der Waals surface area contributed by atoms with Crippen LogP contribution in [0.5, 0.6) is 0 Å². The Hall–Kier alpha value is -0.610. The fourth-order valence-electron chi connectivity index (χ4n) is 1.99. The molecule has 0 aliphatic carbocycles. The highest BCUT2D eigenvalue weighted by molar-refractivity contribution is 5.75. The number of rotatable bonds is 4. The normalized spacial score (nSPS) is 22.1. The number of methoxy groups -OCH3 is 1. The maximum Gasteiger partial charge on any atom is 0.231 e. The van der Waals surface area contributed by atoms with Crippen molar-refractivity contribution in [2.75, 3.05) is 26.7 Å². The monoisotopic (exact) mass is 200 g/mol. The van der Waals surface area contributed by atoms with Crippen molar-refractivity contribution in [2.45, 2.75) is 25.9 Å². The van der Waals surface area contributed by atoms with Gasteiger partial charge >= 0.3 is 0 Å². The van der Waals surface area contributed by atoms with Crippen LogP contribution < -0.4 is 5.73 Å². The van der Waals surface area contributed by atoms with Crippen molar-refractivity contribution in [1.82, 2.24) is 4.90 Å². The molecular formula is C10H20N2O2. The largest absolute Gasteiger partial charge is 0.381 e. The molecular weight excluding hydrogens is 180 g/mol. The zero-order valence-electron chi connectivity index (χ0n) is 9.03. The number of hydrogen-bond acceptors (Lipinski definition) is 3. The van der Waals surface area contributed by atoms with E-state index in [1.54, 1.807) is 7.11 Å². The van der Waals surface area contributed by atoms with Gasteiger partial charge in [0, 0.05) is 7.11 Å². The predicted molar refractivity (Wildman–Crippen MR) is 54.8 cm³/mol. The second-order valence-electron chi connectivity index (χ2n) is 4.02. The summed E-state index contributed by atoms with van der Waals surface area (Å²) in [5.74, 6) is 0.396. The maximum atomic E-state index is 10.7. The molecule has 2 N–H and O–H groups in total. The Morgan fingerprint density at radius 1 is 1.57 bits per heavy atom. The topological polar surface area (TPSA) is 55.6 Å². The summed E-state index contributed by atoms with van der Waals surface area (Å²) in [5.41, 5.74) is 5.14. The molecule has 1 amide bonds. The van der Waals surface area contributed by atoms with Gasteiger partial charge in [-0.15, -0.1) is 0 Å². The molecule has 0 radical (unpaired) electrons. The first kappa shape index (κ1) is 11.5. The van der Waals surface area contributed by atoms with Crippen molar-refractivity contribution < 1.29 is 9.53 Å². The van der Waals surface area contributed by atoms with Gasteiger partial charge in [0.2, 0.25) is 5.91 Å². The maximum absolute atomic E-state index is 10.7. The molecule has 4 heteroatoms. The van der Waals surface area contributed by atoms with Gasteiger partial charge < -0.3 is 10.5 Å². The number of likely N-dealkylation sites (tertiary alicyclic amines) is 1. The Bertz CT molecular complexity index is 189. The fraction of sp³-hybridized carbons (Fsp3) is 0.900.